The molecule has 1 aliphatic heterocycles. The van der Waals surface area contributed by atoms with Crippen molar-refractivity contribution < 1.29 is 19.7 Å². The summed E-state index contributed by atoms with van der Waals surface area (Å²) in [7, 11) is 0. The van der Waals surface area contributed by atoms with Gasteiger partial charge in [0, 0.05) is 11.6 Å². The molecule has 4 heteroatoms. The van der Waals surface area contributed by atoms with E-state index in [0.717, 1.165) is 6.08 Å². The van der Waals surface area contributed by atoms with Crippen LogP contribution in [-0.4, -0.2) is 22.2 Å². The lowest BCUT2D eigenvalue weighted by Gasteiger charge is -2.09. The topological polar surface area (TPSA) is 66.8 Å². The van der Waals surface area contributed by atoms with Gasteiger partial charge in [0.1, 0.15) is 0 Å². The molecule has 1 aliphatic rings. The van der Waals surface area contributed by atoms with Gasteiger partial charge in [0.15, 0.2) is 0 Å². The van der Waals surface area contributed by atoms with E-state index >= 15 is 0 Å². The van der Waals surface area contributed by atoms with Crippen LogP contribution >= 0.6 is 0 Å². The van der Waals surface area contributed by atoms with Crippen LogP contribution in [0.5, 0.6) is 0 Å². The van der Waals surface area contributed by atoms with E-state index in [1.807, 2.05) is 0 Å². The second-order valence-electron chi connectivity index (χ2n) is 1.88. The standard InChI is InChI=1S/C5H6O4/c1-3-2-5(7,8)9-4(3)6/h2,7-8H,1H3. The lowest BCUT2D eigenvalue weighted by molar-refractivity contribution is -0.276. The molecule has 0 amide bonds. The molecule has 0 aromatic rings. The first-order chi connectivity index (χ1) is 4.01. The van der Waals surface area contributed by atoms with Crippen molar-refractivity contribution in [3.05, 3.63) is 11.6 Å². The van der Waals surface area contributed by atoms with E-state index < -0.39 is 11.9 Å². The van der Waals surface area contributed by atoms with E-state index in [9.17, 15) is 4.79 Å². The fraction of sp³-hybridized carbons (Fsp3) is 0.400. The third kappa shape index (κ3) is 1.09. The van der Waals surface area contributed by atoms with Gasteiger partial charge in [-0.1, -0.05) is 0 Å². The predicted octanol–water partition coefficient (Wildman–Crippen LogP) is -0.872. The Labute approximate surface area is 51.4 Å². The highest BCUT2D eigenvalue weighted by molar-refractivity contribution is 5.90. The maximum atomic E-state index is 10.4. The van der Waals surface area contributed by atoms with E-state index in [1.54, 1.807) is 0 Å². The molecule has 0 atom stereocenters. The summed E-state index contributed by atoms with van der Waals surface area (Å²) in [6, 6.07) is 0. The van der Waals surface area contributed by atoms with Gasteiger partial charge in [0.2, 0.25) is 0 Å². The van der Waals surface area contributed by atoms with Crippen LogP contribution in [0.1, 0.15) is 6.92 Å². The molecule has 2 N–H and O–H groups in total. The Bertz CT molecular complexity index is 179. The van der Waals surface area contributed by atoms with E-state index in [0.29, 0.717) is 0 Å². The van der Waals surface area contributed by atoms with Crippen molar-refractivity contribution in [2.24, 2.45) is 0 Å². The normalized spacial score (nSPS) is 23.4. The molecule has 0 aromatic heterocycles. The monoisotopic (exact) mass is 130 g/mol. The van der Waals surface area contributed by atoms with Crippen LogP contribution in [0.3, 0.4) is 0 Å². The van der Waals surface area contributed by atoms with E-state index in [2.05, 4.69) is 4.74 Å². The summed E-state index contributed by atoms with van der Waals surface area (Å²) in [6.07, 6.45) is 0.940. The number of ether oxygens (including phenoxy) is 1. The molecule has 0 saturated heterocycles. The van der Waals surface area contributed by atoms with Crippen molar-refractivity contribution in [2.75, 3.05) is 0 Å². The number of aliphatic hydroxyl groups is 2. The Hall–Kier alpha value is -0.870. The maximum Gasteiger partial charge on any atom is 0.347 e. The van der Waals surface area contributed by atoms with E-state index in [1.165, 1.54) is 6.92 Å². The van der Waals surface area contributed by atoms with Gasteiger partial charge >= 0.3 is 11.9 Å². The van der Waals surface area contributed by atoms with Crippen molar-refractivity contribution in [2.45, 2.75) is 12.9 Å². The molecule has 0 saturated carbocycles. The summed E-state index contributed by atoms with van der Waals surface area (Å²) in [4.78, 5) is 10.4. The number of cyclic esters (lactones) is 1. The van der Waals surface area contributed by atoms with Crippen LogP contribution < -0.4 is 0 Å². The minimum atomic E-state index is -2.37. The average Bonchev–Trinajstić information content (AvgIpc) is 1.79. The molecule has 0 radical (unpaired) electrons. The highest BCUT2D eigenvalue weighted by atomic mass is 16.8. The van der Waals surface area contributed by atoms with Gasteiger partial charge in [-0.15, -0.1) is 0 Å². The first kappa shape index (κ1) is 6.25. The number of carbonyl (C=O) groups excluding carboxylic acids is 1. The molecule has 9 heavy (non-hydrogen) atoms. The summed E-state index contributed by atoms with van der Waals surface area (Å²) in [6.45, 7) is 1.44. The number of esters is 1. The third-order valence-electron chi connectivity index (χ3n) is 0.969. The Morgan fingerprint density at radius 3 is 2.33 bits per heavy atom. The molecule has 0 fully saturated rings. The molecule has 0 spiro atoms. The Kier molecular flexibility index (Phi) is 1.08. The van der Waals surface area contributed by atoms with Crippen LogP contribution in [0.4, 0.5) is 0 Å². The molecule has 0 unspecified atom stereocenters. The predicted molar refractivity (Wildman–Crippen MR) is 27.0 cm³/mol. The van der Waals surface area contributed by atoms with Crippen LogP contribution in [0.15, 0.2) is 11.6 Å². The van der Waals surface area contributed by atoms with Crippen LogP contribution in [0.25, 0.3) is 0 Å². The Morgan fingerprint density at radius 2 is 2.22 bits per heavy atom. The second kappa shape index (κ2) is 1.55. The zero-order valence-corrected chi connectivity index (χ0v) is 4.79. The molecule has 1 heterocycles. The zero-order chi connectivity index (χ0) is 7.07. The fourth-order valence-corrected chi connectivity index (χ4v) is 0.587. The molecule has 1 rings (SSSR count). The van der Waals surface area contributed by atoms with Gasteiger partial charge in [-0.2, -0.15) is 0 Å². The highest BCUT2D eigenvalue weighted by Gasteiger charge is 2.33. The fourth-order valence-electron chi connectivity index (χ4n) is 0.587. The smallest absolute Gasteiger partial charge is 0.347 e. The highest BCUT2D eigenvalue weighted by Crippen LogP contribution is 2.17. The van der Waals surface area contributed by atoms with Gasteiger partial charge in [-0.3, -0.25) is 0 Å². The number of rotatable bonds is 0. The largest absolute Gasteiger partial charge is 0.401 e. The zero-order valence-electron chi connectivity index (χ0n) is 4.79. The van der Waals surface area contributed by atoms with Crippen LogP contribution in [0.2, 0.25) is 0 Å². The molecular formula is C5H6O4. The van der Waals surface area contributed by atoms with Crippen molar-refractivity contribution in [1.29, 1.82) is 0 Å². The van der Waals surface area contributed by atoms with Gasteiger partial charge in [-0.25, -0.2) is 4.79 Å². The summed E-state index contributed by atoms with van der Waals surface area (Å²) in [5.74, 6) is -3.07. The maximum absolute atomic E-state index is 10.4. The van der Waals surface area contributed by atoms with Crippen molar-refractivity contribution in [1.82, 2.24) is 0 Å². The summed E-state index contributed by atoms with van der Waals surface area (Å²) >= 11 is 0. The molecule has 50 valence electrons. The first-order valence-electron chi connectivity index (χ1n) is 2.39. The van der Waals surface area contributed by atoms with Crippen molar-refractivity contribution >= 4 is 5.97 Å². The van der Waals surface area contributed by atoms with E-state index in [4.69, 9.17) is 10.2 Å². The quantitative estimate of drug-likeness (QED) is 0.330. The summed E-state index contributed by atoms with van der Waals surface area (Å²) < 4.78 is 4.04. The van der Waals surface area contributed by atoms with Crippen LogP contribution in [0, 0.1) is 0 Å². The van der Waals surface area contributed by atoms with E-state index in [-0.39, 0.29) is 5.57 Å². The third-order valence-corrected chi connectivity index (χ3v) is 0.969. The van der Waals surface area contributed by atoms with Crippen LogP contribution in [-0.2, 0) is 9.53 Å². The average molecular weight is 130 g/mol. The van der Waals surface area contributed by atoms with Gasteiger partial charge < -0.3 is 14.9 Å². The van der Waals surface area contributed by atoms with Crippen molar-refractivity contribution in [3.8, 4) is 0 Å². The van der Waals surface area contributed by atoms with Gasteiger partial charge in [0.05, 0.1) is 0 Å². The SMILES string of the molecule is CC1=CC(O)(O)OC1=O. The number of hydrogen-bond donors (Lipinski definition) is 2. The minimum Gasteiger partial charge on any atom is -0.401 e. The van der Waals surface area contributed by atoms with Crippen molar-refractivity contribution in [3.63, 3.8) is 0 Å². The first-order valence-corrected chi connectivity index (χ1v) is 2.39. The lowest BCUT2D eigenvalue weighted by atomic mass is 10.3. The summed E-state index contributed by atoms with van der Waals surface area (Å²) in [5, 5.41) is 17.1. The summed E-state index contributed by atoms with van der Waals surface area (Å²) in [5.41, 5.74) is 0.208. The molecule has 4 nitrogen and oxygen atoms in total. The minimum absolute atomic E-state index is 0.208. The van der Waals surface area contributed by atoms with Gasteiger partial charge in [-0.05, 0) is 6.92 Å². The molecule has 0 bridgehead atoms. The lowest BCUT2D eigenvalue weighted by Crippen LogP contribution is -2.26. The Balaban J connectivity index is 2.86. The Morgan fingerprint density at radius 1 is 1.67 bits per heavy atom. The second-order valence-corrected chi connectivity index (χ2v) is 1.88. The molecule has 0 aliphatic carbocycles. The number of carbonyl (C=O) groups is 1. The number of hydrogen-bond acceptors (Lipinski definition) is 4. The molecular weight excluding hydrogens is 124 g/mol. The molecule has 0 aromatic carbocycles. The van der Waals surface area contributed by atoms with Gasteiger partial charge in [0.25, 0.3) is 0 Å².